The molecule has 0 aliphatic heterocycles. The number of hydrogen-bond acceptors (Lipinski definition) is 1. The minimum absolute atomic E-state index is 0.0479. The molecule has 1 aliphatic rings. The molecule has 1 rings (SSSR count). The maximum atomic E-state index is 9.74. The van der Waals surface area contributed by atoms with Crippen LogP contribution in [0.2, 0.25) is 0 Å². The molecule has 0 saturated heterocycles. The van der Waals surface area contributed by atoms with Gasteiger partial charge in [0.05, 0.1) is 6.10 Å². The molecule has 0 aromatic carbocycles. The van der Waals surface area contributed by atoms with Gasteiger partial charge >= 0.3 is 0 Å². The van der Waals surface area contributed by atoms with Crippen molar-refractivity contribution in [3.8, 4) is 0 Å². The monoisotopic (exact) mass is 152 g/mol. The van der Waals surface area contributed by atoms with Crippen molar-refractivity contribution in [1.82, 2.24) is 0 Å². The van der Waals surface area contributed by atoms with Crippen LogP contribution in [0, 0.1) is 11.3 Å². The van der Waals surface area contributed by atoms with Gasteiger partial charge in [-0.2, -0.15) is 0 Å². The quantitative estimate of drug-likeness (QED) is 0.601. The van der Waals surface area contributed by atoms with E-state index in [2.05, 4.69) is 32.6 Å². The number of hydrogen-bond donors (Lipinski definition) is 1. The molecule has 1 heteroatoms. The van der Waals surface area contributed by atoms with E-state index in [4.69, 9.17) is 0 Å². The molecule has 11 heavy (non-hydrogen) atoms. The van der Waals surface area contributed by atoms with E-state index in [0.29, 0.717) is 0 Å². The highest BCUT2D eigenvalue weighted by Crippen LogP contribution is 2.36. The van der Waals surface area contributed by atoms with Gasteiger partial charge in [-0.05, 0) is 6.42 Å². The van der Waals surface area contributed by atoms with Gasteiger partial charge < -0.3 is 5.11 Å². The molecule has 0 amide bonds. The molecule has 0 bridgehead atoms. The highest BCUT2D eigenvalue weighted by molar-refractivity contribution is 5.13. The molecule has 0 saturated carbocycles. The van der Waals surface area contributed by atoms with E-state index < -0.39 is 0 Å². The first-order chi connectivity index (χ1) is 5.08. The van der Waals surface area contributed by atoms with Gasteiger partial charge in [0.2, 0.25) is 0 Å². The minimum Gasteiger partial charge on any atom is -0.392 e. The van der Waals surface area contributed by atoms with Crippen LogP contribution < -0.4 is 0 Å². The molecule has 1 N–H and O–H groups in total. The summed E-state index contributed by atoms with van der Waals surface area (Å²) in [7, 11) is 0. The van der Waals surface area contributed by atoms with E-state index in [1.165, 1.54) is 0 Å². The third-order valence-electron chi connectivity index (χ3n) is 2.38. The van der Waals surface area contributed by atoms with Crippen molar-refractivity contribution < 1.29 is 5.11 Å². The fourth-order valence-corrected chi connectivity index (χ4v) is 1.53. The fourth-order valence-electron chi connectivity index (χ4n) is 1.53. The predicted octanol–water partition coefficient (Wildman–Crippen LogP) is 2.14. The van der Waals surface area contributed by atoms with Gasteiger partial charge in [-0.1, -0.05) is 32.1 Å². The maximum absolute atomic E-state index is 9.74. The Hall–Kier alpha value is -0.560. The lowest BCUT2D eigenvalue weighted by Gasteiger charge is -2.25. The summed E-state index contributed by atoms with van der Waals surface area (Å²) in [5.74, 6) is 0.280. The second kappa shape index (κ2) is 2.82. The van der Waals surface area contributed by atoms with E-state index in [-0.39, 0.29) is 17.4 Å². The Balaban J connectivity index is 2.63. The van der Waals surface area contributed by atoms with Crippen LogP contribution >= 0.6 is 0 Å². The van der Waals surface area contributed by atoms with Gasteiger partial charge in [0.15, 0.2) is 0 Å². The fraction of sp³-hybridized carbons (Fsp3) is 0.600. The van der Waals surface area contributed by atoms with Crippen LogP contribution in [0.25, 0.3) is 0 Å². The Morgan fingerprint density at radius 1 is 1.64 bits per heavy atom. The number of allylic oxidation sites excluding steroid dienone is 1. The van der Waals surface area contributed by atoms with Gasteiger partial charge in [0, 0.05) is 11.3 Å². The molecule has 0 heterocycles. The lowest BCUT2D eigenvalue weighted by atomic mass is 9.86. The van der Waals surface area contributed by atoms with Crippen molar-refractivity contribution in [2.45, 2.75) is 26.4 Å². The van der Waals surface area contributed by atoms with Gasteiger partial charge in [-0.3, -0.25) is 0 Å². The summed E-state index contributed by atoms with van der Waals surface area (Å²) in [6.07, 6.45) is 6.68. The smallest absolute Gasteiger partial charge is 0.0690 e. The van der Waals surface area contributed by atoms with E-state index in [1.54, 1.807) is 0 Å². The standard InChI is InChI=1S/C10H16O/c1-4-5-8-6-7-10(2,3)9(8)11/h4,6-9,11H,1,5H2,2-3H3. The van der Waals surface area contributed by atoms with Crippen molar-refractivity contribution in [2.75, 3.05) is 0 Å². The molecule has 0 radical (unpaired) electrons. The molecular formula is C10H16O. The Morgan fingerprint density at radius 2 is 2.27 bits per heavy atom. The third-order valence-corrected chi connectivity index (χ3v) is 2.38. The van der Waals surface area contributed by atoms with Gasteiger partial charge in [-0.25, -0.2) is 0 Å². The largest absolute Gasteiger partial charge is 0.392 e. The summed E-state index contributed by atoms with van der Waals surface area (Å²) >= 11 is 0. The molecule has 2 atom stereocenters. The summed E-state index contributed by atoms with van der Waals surface area (Å²) in [5.41, 5.74) is -0.0479. The molecule has 0 spiro atoms. The van der Waals surface area contributed by atoms with Crippen LogP contribution in [0.4, 0.5) is 0 Å². The summed E-state index contributed by atoms with van der Waals surface area (Å²) in [6.45, 7) is 7.77. The van der Waals surface area contributed by atoms with Gasteiger partial charge in [0.25, 0.3) is 0 Å². The first-order valence-corrected chi connectivity index (χ1v) is 4.06. The molecule has 1 aliphatic carbocycles. The highest BCUT2D eigenvalue weighted by Gasteiger charge is 2.34. The lowest BCUT2D eigenvalue weighted by molar-refractivity contribution is 0.0605. The molecule has 0 fully saturated rings. The van der Waals surface area contributed by atoms with Crippen LogP contribution in [-0.2, 0) is 0 Å². The van der Waals surface area contributed by atoms with Crippen molar-refractivity contribution in [2.24, 2.45) is 11.3 Å². The van der Waals surface area contributed by atoms with Crippen LogP contribution in [0.5, 0.6) is 0 Å². The second-order valence-corrected chi connectivity index (χ2v) is 3.81. The molecule has 62 valence electrons. The zero-order chi connectivity index (χ0) is 8.48. The van der Waals surface area contributed by atoms with Gasteiger partial charge in [-0.15, -0.1) is 6.58 Å². The van der Waals surface area contributed by atoms with Crippen molar-refractivity contribution >= 4 is 0 Å². The lowest BCUT2D eigenvalue weighted by Crippen LogP contribution is -2.28. The van der Waals surface area contributed by atoms with Crippen LogP contribution in [0.1, 0.15) is 20.3 Å². The third kappa shape index (κ3) is 1.54. The Morgan fingerprint density at radius 3 is 2.64 bits per heavy atom. The van der Waals surface area contributed by atoms with Crippen LogP contribution in [-0.4, -0.2) is 11.2 Å². The second-order valence-electron chi connectivity index (χ2n) is 3.81. The van der Waals surface area contributed by atoms with E-state index in [0.717, 1.165) is 6.42 Å². The summed E-state index contributed by atoms with van der Waals surface area (Å²) in [6, 6.07) is 0. The summed E-state index contributed by atoms with van der Waals surface area (Å²) in [4.78, 5) is 0. The molecule has 0 aromatic heterocycles. The predicted molar refractivity (Wildman–Crippen MR) is 47.2 cm³/mol. The summed E-state index contributed by atoms with van der Waals surface area (Å²) in [5, 5.41) is 9.74. The average Bonchev–Trinajstić information content (AvgIpc) is 2.17. The van der Waals surface area contributed by atoms with E-state index in [1.807, 2.05) is 6.08 Å². The molecule has 1 nitrogen and oxygen atoms in total. The van der Waals surface area contributed by atoms with E-state index in [9.17, 15) is 5.11 Å². The number of aliphatic hydroxyl groups is 1. The van der Waals surface area contributed by atoms with Crippen LogP contribution in [0.15, 0.2) is 24.8 Å². The SMILES string of the molecule is C=CCC1C=CC(C)(C)C1O. The number of rotatable bonds is 2. The maximum Gasteiger partial charge on any atom is 0.0690 e. The molecular weight excluding hydrogens is 136 g/mol. The van der Waals surface area contributed by atoms with Gasteiger partial charge in [0.1, 0.15) is 0 Å². The Kier molecular flexibility index (Phi) is 2.19. The Bertz CT molecular complexity index is 179. The normalized spacial score (nSPS) is 34.1. The molecule has 2 unspecified atom stereocenters. The first-order valence-electron chi connectivity index (χ1n) is 4.06. The topological polar surface area (TPSA) is 20.2 Å². The van der Waals surface area contributed by atoms with Crippen molar-refractivity contribution in [1.29, 1.82) is 0 Å². The van der Waals surface area contributed by atoms with Crippen molar-refractivity contribution in [3.05, 3.63) is 24.8 Å². The minimum atomic E-state index is -0.236. The first kappa shape index (κ1) is 8.54. The number of aliphatic hydroxyl groups excluding tert-OH is 1. The van der Waals surface area contributed by atoms with Crippen molar-refractivity contribution in [3.63, 3.8) is 0 Å². The highest BCUT2D eigenvalue weighted by atomic mass is 16.3. The summed E-state index contributed by atoms with van der Waals surface area (Å²) < 4.78 is 0. The van der Waals surface area contributed by atoms with E-state index >= 15 is 0 Å². The average molecular weight is 152 g/mol. The Labute approximate surface area is 68.4 Å². The zero-order valence-corrected chi connectivity index (χ0v) is 7.25. The molecule has 0 aromatic rings. The van der Waals surface area contributed by atoms with Crippen LogP contribution in [0.3, 0.4) is 0 Å². The zero-order valence-electron chi connectivity index (χ0n) is 7.25.